The minimum atomic E-state index is 0.0377. The molecule has 0 aliphatic heterocycles. The highest BCUT2D eigenvalue weighted by Gasteiger charge is 2.03. The summed E-state index contributed by atoms with van der Waals surface area (Å²) < 4.78 is 5.27. The summed E-state index contributed by atoms with van der Waals surface area (Å²) in [7, 11) is 0. The van der Waals surface area contributed by atoms with E-state index in [-0.39, 0.29) is 6.04 Å². The fraction of sp³-hybridized carbons (Fsp3) is 0.500. The van der Waals surface area contributed by atoms with Gasteiger partial charge >= 0.3 is 0 Å². The largest absolute Gasteiger partial charge is 0.492 e. The molecule has 13 heavy (non-hydrogen) atoms. The van der Waals surface area contributed by atoms with E-state index in [1.165, 1.54) is 0 Å². The van der Waals surface area contributed by atoms with E-state index in [9.17, 15) is 0 Å². The molecule has 1 rings (SSSR count). The van der Waals surface area contributed by atoms with E-state index in [1.54, 1.807) is 6.20 Å². The molecule has 0 aliphatic rings. The molecule has 1 aromatic heterocycles. The van der Waals surface area contributed by atoms with Crippen LogP contribution in [0.25, 0.3) is 0 Å². The van der Waals surface area contributed by atoms with E-state index in [0.717, 1.165) is 17.9 Å². The van der Waals surface area contributed by atoms with Gasteiger partial charge in [-0.2, -0.15) is 0 Å². The first kappa shape index (κ1) is 9.99. The van der Waals surface area contributed by atoms with Crippen LogP contribution in [0.1, 0.15) is 32.0 Å². The molecular weight excluding hydrogens is 164 g/mol. The van der Waals surface area contributed by atoms with Crippen molar-refractivity contribution in [2.75, 3.05) is 6.61 Å². The normalized spacial score (nSPS) is 12.5. The summed E-state index contributed by atoms with van der Waals surface area (Å²) in [4.78, 5) is 4.22. The Labute approximate surface area is 78.9 Å². The van der Waals surface area contributed by atoms with Gasteiger partial charge in [-0.25, -0.2) is 0 Å². The number of nitrogens with two attached hydrogens (primary N) is 1. The third kappa shape index (κ3) is 2.70. The van der Waals surface area contributed by atoms with Crippen molar-refractivity contribution in [1.29, 1.82) is 0 Å². The second kappa shape index (κ2) is 4.82. The van der Waals surface area contributed by atoms with Crippen molar-refractivity contribution in [1.82, 2.24) is 4.98 Å². The van der Waals surface area contributed by atoms with Crippen LogP contribution in [-0.2, 0) is 0 Å². The Morgan fingerprint density at radius 2 is 2.23 bits per heavy atom. The summed E-state index contributed by atoms with van der Waals surface area (Å²) in [5.41, 5.74) is 6.74. The maximum Gasteiger partial charge on any atom is 0.137 e. The van der Waals surface area contributed by atoms with Gasteiger partial charge in [-0.05, 0) is 25.5 Å². The molecular formula is C10H16N2O. The van der Waals surface area contributed by atoms with Crippen molar-refractivity contribution in [2.45, 2.75) is 26.3 Å². The number of nitrogens with zero attached hydrogens (tertiary/aromatic N) is 1. The molecule has 3 nitrogen and oxygen atoms in total. The maximum atomic E-state index is 5.81. The van der Waals surface area contributed by atoms with Crippen molar-refractivity contribution in [3.8, 4) is 5.75 Å². The average Bonchev–Trinajstić information content (AvgIpc) is 2.18. The van der Waals surface area contributed by atoms with Crippen LogP contribution in [0, 0.1) is 0 Å². The molecule has 0 fully saturated rings. The van der Waals surface area contributed by atoms with Gasteiger partial charge in [0.1, 0.15) is 5.75 Å². The number of pyridine rings is 1. The summed E-state index contributed by atoms with van der Waals surface area (Å²) in [6, 6.07) is 3.86. The molecule has 1 unspecified atom stereocenters. The summed E-state index contributed by atoms with van der Waals surface area (Å²) >= 11 is 0. The third-order valence-corrected chi connectivity index (χ3v) is 1.89. The molecule has 2 N–H and O–H groups in total. The molecule has 0 aromatic carbocycles. The van der Waals surface area contributed by atoms with Gasteiger partial charge in [0.25, 0.3) is 0 Å². The number of aromatic nitrogens is 1. The maximum absolute atomic E-state index is 5.81. The molecule has 0 aliphatic carbocycles. The van der Waals surface area contributed by atoms with E-state index in [1.807, 2.05) is 26.0 Å². The fourth-order valence-electron chi connectivity index (χ4n) is 1.07. The highest BCUT2D eigenvalue weighted by molar-refractivity contribution is 5.21. The van der Waals surface area contributed by atoms with Crippen LogP contribution in [0.4, 0.5) is 0 Å². The number of hydrogen-bond donors (Lipinski definition) is 1. The van der Waals surface area contributed by atoms with E-state index < -0.39 is 0 Å². The van der Waals surface area contributed by atoms with Crippen LogP contribution in [0.5, 0.6) is 5.75 Å². The van der Waals surface area contributed by atoms with Gasteiger partial charge in [-0.3, -0.25) is 4.98 Å². The zero-order valence-electron chi connectivity index (χ0n) is 8.16. The smallest absolute Gasteiger partial charge is 0.137 e. The molecule has 1 aromatic rings. The lowest BCUT2D eigenvalue weighted by molar-refractivity contribution is 0.338. The van der Waals surface area contributed by atoms with Crippen LogP contribution in [0.15, 0.2) is 18.3 Å². The molecule has 0 amide bonds. The number of ether oxygens (including phenoxy) is 1. The van der Waals surface area contributed by atoms with Crippen LogP contribution in [0.2, 0.25) is 0 Å². The average molecular weight is 180 g/mol. The first-order chi connectivity index (χ1) is 6.27. The Bertz CT molecular complexity index is 246. The first-order valence-corrected chi connectivity index (χ1v) is 4.62. The van der Waals surface area contributed by atoms with Crippen molar-refractivity contribution in [2.24, 2.45) is 5.73 Å². The lowest BCUT2D eigenvalue weighted by Gasteiger charge is -2.08. The second-order valence-electron chi connectivity index (χ2n) is 2.87. The van der Waals surface area contributed by atoms with Crippen molar-refractivity contribution in [3.63, 3.8) is 0 Å². The molecule has 1 heterocycles. The summed E-state index contributed by atoms with van der Waals surface area (Å²) in [6.45, 7) is 4.66. The molecule has 72 valence electrons. The zero-order chi connectivity index (χ0) is 9.68. The van der Waals surface area contributed by atoms with Gasteiger partial charge in [0.2, 0.25) is 0 Å². The van der Waals surface area contributed by atoms with Gasteiger partial charge in [-0.15, -0.1) is 0 Å². The van der Waals surface area contributed by atoms with Gasteiger partial charge < -0.3 is 10.5 Å². The van der Waals surface area contributed by atoms with Gasteiger partial charge in [0.05, 0.1) is 18.5 Å². The van der Waals surface area contributed by atoms with Crippen LogP contribution in [-0.4, -0.2) is 11.6 Å². The quantitative estimate of drug-likeness (QED) is 0.769. The Kier molecular flexibility index (Phi) is 3.71. The summed E-state index contributed by atoms with van der Waals surface area (Å²) in [5, 5.41) is 0. The monoisotopic (exact) mass is 180 g/mol. The fourth-order valence-corrected chi connectivity index (χ4v) is 1.07. The molecule has 1 atom stereocenters. The summed E-state index contributed by atoms with van der Waals surface area (Å²) in [5.74, 6) is 0.801. The Hall–Kier alpha value is -1.09. The standard InChI is InChI=1S/C10H16N2O/c1-3-9(11)10-6-5-8(7-12-10)13-4-2/h5-7,9H,3-4,11H2,1-2H3. The minimum Gasteiger partial charge on any atom is -0.492 e. The van der Waals surface area contributed by atoms with Crippen LogP contribution < -0.4 is 10.5 Å². The van der Waals surface area contributed by atoms with Gasteiger partial charge in [-0.1, -0.05) is 6.92 Å². The van der Waals surface area contributed by atoms with Crippen LogP contribution >= 0.6 is 0 Å². The predicted octanol–water partition coefficient (Wildman–Crippen LogP) is 1.89. The highest BCUT2D eigenvalue weighted by Crippen LogP contribution is 2.14. The predicted molar refractivity (Wildman–Crippen MR) is 52.6 cm³/mol. The van der Waals surface area contributed by atoms with E-state index in [0.29, 0.717) is 6.61 Å². The first-order valence-electron chi connectivity index (χ1n) is 4.62. The second-order valence-corrected chi connectivity index (χ2v) is 2.87. The molecule has 0 bridgehead atoms. The molecule has 0 spiro atoms. The number of hydrogen-bond acceptors (Lipinski definition) is 3. The molecule has 0 radical (unpaired) electrons. The Morgan fingerprint density at radius 3 is 2.69 bits per heavy atom. The lowest BCUT2D eigenvalue weighted by atomic mass is 10.1. The zero-order valence-corrected chi connectivity index (χ0v) is 8.16. The molecule has 0 saturated carbocycles. The van der Waals surface area contributed by atoms with Gasteiger partial charge in [0.15, 0.2) is 0 Å². The van der Waals surface area contributed by atoms with Crippen LogP contribution in [0.3, 0.4) is 0 Å². The van der Waals surface area contributed by atoms with E-state index in [2.05, 4.69) is 4.98 Å². The van der Waals surface area contributed by atoms with Crippen molar-refractivity contribution >= 4 is 0 Å². The number of rotatable bonds is 4. The highest BCUT2D eigenvalue weighted by atomic mass is 16.5. The van der Waals surface area contributed by atoms with Crippen molar-refractivity contribution < 1.29 is 4.74 Å². The Balaban J connectivity index is 2.69. The van der Waals surface area contributed by atoms with Crippen molar-refractivity contribution in [3.05, 3.63) is 24.0 Å². The van der Waals surface area contributed by atoms with Gasteiger partial charge in [0, 0.05) is 6.04 Å². The SMILES string of the molecule is CCOc1ccc(C(N)CC)nc1. The minimum absolute atomic E-state index is 0.0377. The lowest BCUT2D eigenvalue weighted by Crippen LogP contribution is -2.10. The molecule has 0 saturated heterocycles. The Morgan fingerprint density at radius 1 is 1.46 bits per heavy atom. The third-order valence-electron chi connectivity index (χ3n) is 1.89. The summed E-state index contributed by atoms with van der Waals surface area (Å²) in [6.07, 6.45) is 2.62. The topological polar surface area (TPSA) is 48.1 Å². The van der Waals surface area contributed by atoms with E-state index in [4.69, 9.17) is 10.5 Å². The van der Waals surface area contributed by atoms with E-state index >= 15 is 0 Å². The molecule has 3 heteroatoms.